The summed E-state index contributed by atoms with van der Waals surface area (Å²) >= 11 is 1.25. The highest BCUT2D eigenvalue weighted by atomic mass is 32.2. The first-order chi connectivity index (χ1) is 15.6. The van der Waals surface area contributed by atoms with Crippen molar-refractivity contribution < 1.29 is 17.9 Å². The number of nitrogens with zero attached hydrogens (tertiary/aromatic N) is 2. The largest absolute Gasteiger partial charge is 0.494 e. The van der Waals surface area contributed by atoms with Crippen LogP contribution in [-0.4, -0.2) is 43.3 Å². The van der Waals surface area contributed by atoms with E-state index in [1.54, 1.807) is 46.8 Å². The lowest BCUT2D eigenvalue weighted by atomic mass is 10.2. The van der Waals surface area contributed by atoms with Crippen LogP contribution in [0.4, 0.5) is 5.13 Å². The van der Waals surface area contributed by atoms with Gasteiger partial charge in [-0.15, -0.1) is 0 Å². The molecule has 0 aliphatic heterocycles. The topological polar surface area (TPSA) is 88.6 Å². The van der Waals surface area contributed by atoms with Crippen molar-refractivity contribution in [1.29, 1.82) is 0 Å². The lowest BCUT2D eigenvalue weighted by molar-refractivity contribution is 0.102. The molecule has 2 aromatic carbocycles. The number of carbonyl (C=O) groups excluding carboxylic acids is 1. The van der Waals surface area contributed by atoms with Gasteiger partial charge in [-0.05, 0) is 61.2 Å². The fourth-order valence-electron chi connectivity index (χ4n) is 3.39. The van der Waals surface area contributed by atoms with E-state index in [1.807, 2.05) is 34.6 Å². The maximum absolute atomic E-state index is 13.3. The molecule has 0 atom stereocenters. The van der Waals surface area contributed by atoms with Gasteiger partial charge in [-0.2, -0.15) is 4.31 Å². The monoisotopic (exact) mass is 489 g/mol. The first-order valence-electron chi connectivity index (χ1n) is 11.0. The molecule has 0 saturated heterocycles. The molecule has 0 unspecified atom stereocenters. The standard InChI is InChI=1S/C24H31N3O4S2/c1-6-31-19-9-7-18(8-10-19)23(28)26-24-25-21-12-11-20(13-22(21)32-24)33(29,30)27(14-16(2)3)15-17(4)5/h7-13,16-17H,6,14-15H2,1-5H3,(H,25,26,28). The van der Waals surface area contributed by atoms with E-state index in [-0.39, 0.29) is 22.6 Å². The molecule has 3 aromatic rings. The summed E-state index contributed by atoms with van der Waals surface area (Å²) in [7, 11) is -3.64. The SMILES string of the molecule is CCOc1ccc(C(=O)Nc2nc3ccc(S(=O)(=O)N(CC(C)C)CC(C)C)cc3s2)cc1. The van der Waals surface area contributed by atoms with Gasteiger partial charge in [0.15, 0.2) is 5.13 Å². The molecule has 0 saturated carbocycles. The average molecular weight is 490 g/mol. The van der Waals surface area contributed by atoms with Crippen LogP contribution in [0.5, 0.6) is 5.75 Å². The number of carbonyl (C=O) groups is 1. The molecular formula is C24H31N3O4S2. The number of aromatic nitrogens is 1. The Hall–Kier alpha value is -2.49. The highest BCUT2D eigenvalue weighted by Crippen LogP contribution is 2.30. The Morgan fingerprint density at radius 3 is 2.27 bits per heavy atom. The van der Waals surface area contributed by atoms with Crippen LogP contribution in [-0.2, 0) is 10.0 Å². The smallest absolute Gasteiger partial charge is 0.257 e. The summed E-state index contributed by atoms with van der Waals surface area (Å²) in [5.74, 6) is 0.849. The minimum Gasteiger partial charge on any atom is -0.494 e. The molecule has 0 fully saturated rings. The predicted molar refractivity (Wildman–Crippen MR) is 134 cm³/mol. The van der Waals surface area contributed by atoms with Gasteiger partial charge in [-0.1, -0.05) is 39.0 Å². The quantitative estimate of drug-likeness (QED) is 0.420. The fraction of sp³-hybridized carbons (Fsp3) is 0.417. The number of thiazole rings is 1. The van der Waals surface area contributed by atoms with Crippen molar-refractivity contribution in [2.75, 3.05) is 25.0 Å². The molecule has 7 nitrogen and oxygen atoms in total. The van der Waals surface area contributed by atoms with Crippen LogP contribution < -0.4 is 10.1 Å². The van der Waals surface area contributed by atoms with Gasteiger partial charge < -0.3 is 4.74 Å². The summed E-state index contributed by atoms with van der Waals surface area (Å²) in [6.45, 7) is 11.4. The van der Waals surface area contributed by atoms with E-state index in [1.165, 1.54) is 11.3 Å². The molecule has 33 heavy (non-hydrogen) atoms. The van der Waals surface area contributed by atoms with E-state index < -0.39 is 10.0 Å². The molecule has 1 N–H and O–H groups in total. The third kappa shape index (κ3) is 6.31. The van der Waals surface area contributed by atoms with E-state index in [9.17, 15) is 13.2 Å². The number of rotatable bonds is 10. The van der Waals surface area contributed by atoms with Crippen molar-refractivity contribution in [3.63, 3.8) is 0 Å². The van der Waals surface area contributed by atoms with Crippen LogP contribution in [0.15, 0.2) is 47.4 Å². The van der Waals surface area contributed by atoms with Crippen LogP contribution in [0.3, 0.4) is 0 Å². The summed E-state index contributed by atoms with van der Waals surface area (Å²) < 4.78 is 34.3. The minimum atomic E-state index is -3.64. The maximum atomic E-state index is 13.3. The van der Waals surface area contributed by atoms with E-state index >= 15 is 0 Å². The number of anilines is 1. The number of hydrogen-bond donors (Lipinski definition) is 1. The summed E-state index contributed by atoms with van der Waals surface area (Å²) in [5.41, 5.74) is 1.12. The summed E-state index contributed by atoms with van der Waals surface area (Å²) in [5, 5.41) is 3.22. The predicted octanol–water partition coefficient (Wildman–Crippen LogP) is 5.25. The van der Waals surface area contributed by atoms with E-state index in [4.69, 9.17) is 4.74 Å². The second kappa shape index (κ2) is 10.6. The summed E-state index contributed by atoms with van der Waals surface area (Å²) in [6, 6.07) is 11.8. The third-order valence-electron chi connectivity index (χ3n) is 4.78. The molecule has 178 valence electrons. The Labute approximate surface area is 199 Å². The molecule has 1 heterocycles. The minimum absolute atomic E-state index is 0.218. The maximum Gasteiger partial charge on any atom is 0.257 e. The molecule has 0 spiro atoms. The summed E-state index contributed by atoms with van der Waals surface area (Å²) in [4.78, 5) is 17.3. The highest BCUT2D eigenvalue weighted by Gasteiger charge is 2.26. The van der Waals surface area contributed by atoms with E-state index in [2.05, 4.69) is 10.3 Å². The lowest BCUT2D eigenvalue weighted by Crippen LogP contribution is -2.37. The molecule has 0 radical (unpaired) electrons. The second-order valence-corrected chi connectivity index (χ2v) is 11.6. The number of hydrogen-bond acceptors (Lipinski definition) is 6. The summed E-state index contributed by atoms with van der Waals surface area (Å²) in [6.07, 6.45) is 0. The average Bonchev–Trinajstić information content (AvgIpc) is 3.14. The van der Waals surface area contributed by atoms with Gasteiger partial charge in [0.1, 0.15) is 5.75 Å². The van der Waals surface area contributed by atoms with Crippen molar-refractivity contribution in [2.24, 2.45) is 11.8 Å². The Balaban J connectivity index is 1.82. The molecular weight excluding hydrogens is 458 g/mol. The van der Waals surface area contributed by atoms with Crippen LogP contribution in [0.1, 0.15) is 45.0 Å². The van der Waals surface area contributed by atoms with Crippen LogP contribution in [0.2, 0.25) is 0 Å². The molecule has 9 heteroatoms. The van der Waals surface area contributed by atoms with Crippen molar-refractivity contribution in [1.82, 2.24) is 9.29 Å². The van der Waals surface area contributed by atoms with E-state index in [0.29, 0.717) is 46.4 Å². The Morgan fingerprint density at radius 2 is 1.70 bits per heavy atom. The number of ether oxygens (including phenoxy) is 1. The van der Waals surface area contributed by atoms with Gasteiger partial charge in [0.2, 0.25) is 10.0 Å². The number of amides is 1. The van der Waals surface area contributed by atoms with Crippen molar-refractivity contribution in [2.45, 2.75) is 39.5 Å². The third-order valence-corrected chi connectivity index (χ3v) is 7.54. The highest BCUT2D eigenvalue weighted by molar-refractivity contribution is 7.89. The number of sulfonamides is 1. The van der Waals surface area contributed by atoms with Crippen molar-refractivity contribution >= 4 is 42.6 Å². The van der Waals surface area contributed by atoms with E-state index in [0.717, 1.165) is 0 Å². The van der Waals surface area contributed by atoms with Gasteiger partial charge in [0.05, 0.1) is 21.7 Å². The molecule has 0 bridgehead atoms. The number of fused-ring (bicyclic) bond motifs is 1. The first kappa shape index (κ1) is 25.1. The van der Waals surface area contributed by atoms with Gasteiger partial charge in [-0.25, -0.2) is 13.4 Å². The zero-order valence-corrected chi connectivity index (χ0v) is 21.3. The lowest BCUT2D eigenvalue weighted by Gasteiger charge is -2.25. The van der Waals surface area contributed by atoms with Gasteiger partial charge in [-0.3, -0.25) is 10.1 Å². The van der Waals surface area contributed by atoms with Gasteiger partial charge in [0, 0.05) is 18.7 Å². The van der Waals surface area contributed by atoms with Gasteiger partial charge >= 0.3 is 0 Å². The molecule has 0 aliphatic rings. The normalized spacial score (nSPS) is 12.1. The molecule has 3 rings (SSSR count). The van der Waals surface area contributed by atoms with Crippen LogP contribution >= 0.6 is 11.3 Å². The Morgan fingerprint density at radius 1 is 1.06 bits per heavy atom. The molecule has 1 aromatic heterocycles. The fourth-order valence-corrected chi connectivity index (χ4v) is 6.16. The molecule has 1 amide bonds. The first-order valence-corrected chi connectivity index (χ1v) is 13.3. The van der Waals surface area contributed by atoms with Crippen LogP contribution in [0, 0.1) is 11.8 Å². The Kier molecular flexibility index (Phi) is 8.10. The molecule has 0 aliphatic carbocycles. The second-order valence-electron chi connectivity index (χ2n) is 8.67. The van der Waals surface area contributed by atoms with Crippen LogP contribution in [0.25, 0.3) is 10.2 Å². The number of nitrogens with one attached hydrogen (secondary N) is 1. The van der Waals surface area contributed by atoms with Crippen molar-refractivity contribution in [3.8, 4) is 5.75 Å². The zero-order chi connectivity index (χ0) is 24.2. The van der Waals surface area contributed by atoms with Crippen molar-refractivity contribution in [3.05, 3.63) is 48.0 Å². The zero-order valence-electron chi connectivity index (χ0n) is 19.7. The number of benzene rings is 2. The van der Waals surface area contributed by atoms with Gasteiger partial charge in [0.25, 0.3) is 5.91 Å². The Bertz CT molecular complexity index is 1190.